The zero-order valence-electron chi connectivity index (χ0n) is 17.3. The summed E-state index contributed by atoms with van der Waals surface area (Å²) in [6.07, 6.45) is 0.480. The molecule has 0 aromatic carbocycles. The highest BCUT2D eigenvalue weighted by atomic mass is 28.4. The molecule has 0 aliphatic rings. The Bertz CT molecular complexity index is 494. The van der Waals surface area contributed by atoms with Crippen molar-refractivity contribution in [2.75, 3.05) is 27.4 Å². The predicted octanol–water partition coefficient (Wildman–Crippen LogP) is 3.69. The Morgan fingerprint density at radius 3 is 2.12 bits per heavy atom. The van der Waals surface area contributed by atoms with Gasteiger partial charge in [0.25, 0.3) is 0 Å². The second-order valence-electron chi connectivity index (χ2n) is 7.60. The zero-order valence-corrected chi connectivity index (χ0v) is 18.3. The third kappa shape index (κ3) is 7.71. The summed E-state index contributed by atoms with van der Waals surface area (Å²) in [5.74, 6) is -0.575. The largest absolute Gasteiger partial charge is 0.463 e. The van der Waals surface area contributed by atoms with Crippen molar-refractivity contribution >= 4 is 20.2 Å². The van der Waals surface area contributed by atoms with Crippen LogP contribution in [0.2, 0.25) is 18.1 Å². The molecule has 7 heteroatoms. The average molecular weight is 374 g/mol. The summed E-state index contributed by atoms with van der Waals surface area (Å²) < 4.78 is 11.3. The molecule has 6 nitrogen and oxygen atoms in total. The van der Waals surface area contributed by atoms with Crippen LogP contribution in [0.25, 0.3) is 0 Å². The topological polar surface area (TPSA) is 65.1 Å². The second-order valence-corrected chi connectivity index (χ2v) is 12.4. The monoisotopic (exact) mass is 373 g/mol. The Morgan fingerprint density at radius 1 is 1.12 bits per heavy atom. The van der Waals surface area contributed by atoms with Gasteiger partial charge in [0.1, 0.15) is 0 Å². The van der Waals surface area contributed by atoms with Crippen LogP contribution in [0, 0.1) is 0 Å². The van der Waals surface area contributed by atoms with Crippen LogP contribution in [0.4, 0.5) is 0 Å². The molecule has 0 aromatic rings. The third-order valence-corrected chi connectivity index (χ3v) is 9.19. The fraction of sp³-hybridized carbons (Fsp3) is 0.778. The van der Waals surface area contributed by atoms with Crippen molar-refractivity contribution in [2.24, 2.45) is 0 Å². The van der Waals surface area contributed by atoms with Crippen molar-refractivity contribution in [1.82, 2.24) is 5.06 Å². The summed E-state index contributed by atoms with van der Waals surface area (Å²) in [6, 6.07) is 0. The molecule has 0 radical (unpaired) electrons. The lowest BCUT2D eigenvalue weighted by Gasteiger charge is -2.36. The molecular formula is C18H35NO5Si. The van der Waals surface area contributed by atoms with Gasteiger partial charge in [-0.3, -0.25) is 9.63 Å². The van der Waals surface area contributed by atoms with E-state index in [4.69, 9.17) is 14.0 Å². The van der Waals surface area contributed by atoms with Crippen molar-refractivity contribution in [3.63, 3.8) is 0 Å². The number of hydroxylamine groups is 2. The number of hydrogen-bond acceptors (Lipinski definition) is 5. The molecule has 0 bridgehead atoms. The van der Waals surface area contributed by atoms with E-state index in [1.54, 1.807) is 14.0 Å². The molecule has 0 saturated carbocycles. The van der Waals surface area contributed by atoms with Crippen LogP contribution >= 0.6 is 0 Å². The number of carbonyl (C=O) groups is 2. The molecule has 0 aliphatic heterocycles. The van der Waals surface area contributed by atoms with Gasteiger partial charge in [-0.15, -0.1) is 0 Å². The third-order valence-electron chi connectivity index (χ3n) is 4.71. The second kappa shape index (κ2) is 10.1. The SMILES string of the molecule is CCOC(=O)/C(CCC(=O)N(C)OC)=C(\C)CO[Si](C)(C)C(C)(C)C. The Hall–Kier alpha value is -1.18. The molecule has 146 valence electrons. The van der Waals surface area contributed by atoms with Gasteiger partial charge in [0.15, 0.2) is 8.32 Å². The Morgan fingerprint density at radius 2 is 1.68 bits per heavy atom. The molecule has 0 spiro atoms. The van der Waals surface area contributed by atoms with Crippen molar-refractivity contribution < 1.29 is 23.6 Å². The van der Waals surface area contributed by atoms with Crippen LogP contribution in [0.1, 0.15) is 47.5 Å². The predicted molar refractivity (Wildman–Crippen MR) is 101 cm³/mol. The fourth-order valence-electron chi connectivity index (χ4n) is 1.79. The summed E-state index contributed by atoms with van der Waals surface area (Å²) in [6.45, 7) is 15.1. The number of esters is 1. The first kappa shape index (κ1) is 23.8. The van der Waals surface area contributed by atoms with Gasteiger partial charge in [-0.25, -0.2) is 9.86 Å². The number of rotatable bonds is 9. The molecule has 0 unspecified atom stereocenters. The first-order chi connectivity index (χ1) is 11.4. The van der Waals surface area contributed by atoms with Crippen molar-refractivity contribution in [1.29, 1.82) is 0 Å². The standard InChI is InChI=1S/C18H35NO5Si/c1-10-23-17(21)15(11-12-16(20)19(6)22-7)14(2)13-24-25(8,9)18(3,4)5/h10-13H2,1-9H3/b15-14+. The Balaban J connectivity index is 5.20. The van der Waals surface area contributed by atoms with Crippen LogP contribution in [-0.4, -0.2) is 52.6 Å². The van der Waals surface area contributed by atoms with E-state index in [0.29, 0.717) is 25.2 Å². The van der Waals surface area contributed by atoms with Gasteiger partial charge in [0.2, 0.25) is 5.91 Å². The van der Waals surface area contributed by atoms with Crippen LogP contribution in [-0.2, 0) is 23.6 Å². The van der Waals surface area contributed by atoms with E-state index in [0.717, 1.165) is 10.6 Å². The van der Waals surface area contributed by atoms with Gasteiger partial charge < -0.3 is 9.16 Å². The van der Waals surface area contributed by atoms with E-state index in [1.165, 1.54) is 7.11 Å². The average Bonchev–Trinajstić information content (AvgIpc) is 2.51. The molecule has 0 aliphatic carbocycles. The Kier molecular flexibility index (Phi) is 9.61. The van der Waals surface area contributed by atoms with Gasteiger partial charge in [-0.05, 0) is 44.0 Å². The lowest BCUT2D eigenvalue weighted by atomic mass is 10.0. The molecule has 0 N–H and O–H groups in total. The van der Waals surface area contributed by atoms with Crippen LogP contribution in [0.15, 0.2) is 11.1 Å². The summed E-state index contributed by atoms with van der Waals surface area (Å²) in [5.41, 5.74) is 1.33. The zero-order chi connectivity index (χ0) is 19.8. The van der Waals surface area contributed by atoms with Gasteiger partial charge in [0, 0.05) is 19.0 Å². The lowest BCUT2D eigenvalue weighted by molar-refractivity contribution is -0.168. The normalized spacial score (nSPS) is 13.3. The summed E-state index contributed by atoms with van der Waals surface area (Å²) in [7, 11) is 1.06. The van der Waals surface area contributed by atoms with Gasteiger partial charge in [-0.2, -0.15) is 0 Å². The molecule has 0 fully saturated rings. The molecule has 25 heavy (non-hydrogen) atoms. The van der Waals surface area contributed by atoms with E-state index in [9.17, 15) is 9.59 Å². The molecule has 0 aromatic heterocycles. The number of ether oxygens (including phenoxy) is 1. The molecule has 1 amide bonds. The minimum absolute atomic E-state index is 0.0918. The van der Waals surface area contributed by atoms with E-state index >= 15 is 0 Å². The van der Waals surface area contributed by atoms with Crippen LogP contribution in [0.3, 0.4) is 0 Å². The quantitative estimate of drug-likeness (QED) is 0.267. The number of carbonyl (C=O) groups excluding carboxylic acids is 2. The molecule has 0 heterocycles. The molecular weight excluding hydrogens is 338 g/mol. The Labute approximate surface area is 153 Å². The van der Waals surface area contributed by atoms with Gasteiger partial charge >= 0.3 is 5.97 Å². The highest BCUT2D eigenvalue weighted by molar-refractivity contribution is 6.74. The maximum atomic E-state index is 12.3. The van der Waals surface area contributed by atoms with Gasteiger partial charge in [0.05, 0.1) is 20.3 Å². The van der Waals surface area contributed by atoms with Crippen LogP contribution in [0.5, 0.6) is 0 Å². The van der Waals surface area contributed by atoms with E-state index in [1.807, 2.05) is 6.92 Å². The summed E-state index contributed by atoms with van der Waals surface area (Å²) in [5, 5.41) is 1.25. The summed E-state index contributed by atoms with van der Waals surface area (Å²) in [4.78, 5) is 29.1. The smallest absolute Gasteiger partial charge is 0.334 e. The van der Waals surface area contributed by atoms with Crippen LogP contribution < -0.4 is 0 Å². The maximum Gasteiger partial charge on any atom is 0.334 e. The number of nitrogens with zero attached hydrogens (tertiary/aromatic N) is 1. The lowest BCUT2D eigenvalue weighted by Crippen LogP contribution is -2.41. The van der Waals surface area contributed by atoms with E-state index in [-0.39, 0.29) is 23.3 Å². The molecule has 0 rings (SSSR count). The highest BCUT2D eigenvalue weighted by Crippen LogP contribution is 2.36. The number of amides is 1. The minimum atomic E-state index is -1.92. The maximum absolute atomic E-state index is 12.3. The molecule has 0 saturated heterocycles. The first-order valence-corrected chi connectivity index (χ1v) is 11.6. The highest BCUT2D eigenvalue weighted by Gasteiger charge is 2.37. The van der Waals surface area contributed by atoms with Crippen molar-refractivity contribution in [2.45, 2.75) is 65.6 Å². The fourth-order valence-corrected chi connectivity index (χ4v) is 2.80. The minimum Gasteiger partial charge on any atom is -0.463 e. The number of hydrogen-bond donors (Lipinski definition) is 0. The van der Waals surface area contributed by atoms with Gasteiger partial charge in [-0.1, -0.05) is 20.8 Å². The van der Waals surface area contributed by atoms with E-state index < -0.39 is 8.32 Å². The van der Waals surface area contributed by atoms with Crippen molar-refractivity contribution in [3.05, 3.63) is 11.1 Å². The van der Waals surface area contributed by atoms with Crippen molar-refractivity contribution in [3.8, 4) is 0 Å². The molecule has 0 atom stereocenters. The first-order valence-electron chi connectivity index (χ1n) is 8.67. The summed E-state index contributed by atoms with van der Waals surface area (Å²) >= 11 is 0. The van der Waals surface area contributed by atoms with E-state index in [2.05, 4.69) is 33.9 Å².